The molecule has 5 rings (SSSR count). The molecule has 0 spiro atoms. The summed E-state index contributed by atoms with van der Waals surface area (Å²) in [4.78, 5) is 35.5. The molecular formula is C28H30N8O4. The Morgan fingerprint density at radius 1 is 1.18 bits per heavy atom. The van der Waals surface area contributed by atoms with E-state index in [-0.39, 0.29) is 17.3 Å². The first-order chi connectivity index (χ1) is 19.5. The number of nitrogens with zero attached hydrogens (tertiary/aromatic N) is 4. The zero-order valence-electron chi connectivity index (χ0n) is 22.0. The summed E-state index contributed by atoms with van der Waals surface area (Å²) in [5.41, 5.74) is 9.45. The minimum Gasteiger partial charge on any atom is -0.495 e. The van der Waals surface area contributed by atoms with Crippen LogP contribution < -0.4 is 31.3 Å². The molecular weight excluding hydrogens is 512 g/mol. The Morgan fingerprint density at radius 3 is 2.75 bits per heavy atom. The molecule has 0 unspecified atom stereocenters. The number of imidazole rings is 1. The molecule has 1 fully saturated rings. The van der Waals surface area contributed by atoms with Gasteiger partial charge in [0.05, 0.1) is 26.0 Å². The fraction of sp³-hybridized carbons (Fsp3) is 0.214. The Hall–Kier alpha value is -5.10. The lowest BCUT2D eigenvalue weighted by molar-refractivity contribution is -0.111. The molecule has 0 radical (unpaired) electrons. The highest BCUT2D eigenvalue weighted by molar-refractivity contribution is 6.04. The standard InChI is InChI=1S/C28H30N8O4/c1-3-23(37)32-19-6-4-5-18(15-19)17-31-28-34-26(24(25(29)38)27-30-9-10-36(27)28)33-20-7-8-21(22(16-20)39-2)35-11-13-40-14-12-35/h3-10,15-16,33H,1,11-14,17H2,2H3,(H2,29,38)(H,31,34)(H,32,37). The largest absolute Gasteiger partial charge is 0.495 e. The number of aromatic nitrogens is 3. The summed E-state index contributed by atoms with van der Waals surface area (Å²) < 4.78 is 12.8. The number of primary amides is 1. The second kappa shape index (κ2) is 11.7. The number of hydrogen-bond acceptors (Lipinski definition) is 9. The van der Waals surface area contributed by atoms with Crippen LogP contribution in [-0.4, -0.2) is 59.6 Å². The normalized spacial score (nSPS) is 13.1. The molecule has 0 aliphatic carbocycles. The molecule has 12 nitrogen and oxygen atoms in total. The first-order valence-electron chi connectivity index (χ1n) is 12.7. The Bertz CT molecular complexity index is 1560. The number of rotatable bonds is 10. The van der Waals surface area contributed by atoms with E-state index in [1.807, 2.05) is 36.4 Å². The molecule has 2 amide bonds. The van der Waals surface area contributed by atoms with Crippen molar-refractivity contribution in [3.05, 3.63) is 78.6 Å². The predicted octanol–water partition coefficient (Wildman–Crippen LogP) is 3.15. The van der Waals surface area contributed by atoms with Gasteiger partial charge in [0.25, 0.3) is 5.91 Å². The van der Waals surface area contributed by atoms with Crippen molar-refractivity contribution in [1.29, 1.82) is 0 Å². The lowest BCUT2D eigenvalue weighted by Gasteiger charge is -2.30. The second-order valence-corrected chi connectivity index (χ2v) is 9.00. The molecule has 12 heteroatoms. The van der Waals surface area contributed by atoms with Crippen LogP contribution in [0.15, 0.2) is 67.5 Å². The quantitative estimate of drug-likeness (QED) is 0.222. The SMILES string of the molecule is C=CC(=O)Nc1cccc(CNc2nc(Nc3ccc(N4CCOCC4)c(OC)c3)c(C(N)=O)c3nccn23)c1. The number of nitrogens with one attached hydrogen (secondary N) is 3. The maximum absolute atomic E-state index is 12.5. The zero-order chi connectivity index (χ0) is 28.1. The van der Waals surface area contributed by atoms with Crippen molar-refractivity contribution in [2.24, 2.45) is 5.73 Å². The number of carbonyl (C=O) groups is 2. The molecule has 40 heavy (non-hydrogen) atoms. The van der Waals surface area contributed by atoms with Crippen LogP contribution in [0.3, 0.4) is 0 Å². The molecule has 0 bridgehead atoms. The Kier molecular flexibility index (Phi) is 7.78. The lowest BCUT2D eigenvalue weighted by Crippen LogP contribution is -2.36. The molecule has 206 valence electrons. The maximum Gasteiger partial charge on any atom is 0.256 e. The number of fused-ring (bicyclic) bond motifs is 1. The molecule has 3 heterocycles. The third-order valence-corrected chi connectivity index (χ3v) is 6.42. The Labute approximate surface area is 230 Å². The number of anilines is 5. The van der Waals surface area contributed by atoms with E-state index < -0.39 is 5.91 Å². The van der Waals surface area contributed by atoms with E-state index in [0.29, 0.717) is 48.5 Å². The van der Waals surface area contributed by atoms with Gasteiger partial charge in [-0.25, -0.2) is 4.98 Å². The van der Waals surface area contributed by atoms with E-state index in [2.05, 4.69) is 32.4 Å². The smallest absolute Gasteiger partial charge is 0.256 e. The summed E-state index contributed by atoms with van der Waals surface area (Å²) >= 11 is 0. The number of benzene rings is 2. The van der Waals surface area contributed by atoms with Crippen molar-refractivity contribution in [2.75, 3.05) is 54.3 Å². The topological polar surface area (TPSA) is 148 Å². The van der Waals surface area contributed by atoms with Crippen molar-refractivity contribution in [3.8, 4) is 5.75 Å². The summed E-state index contributed by atoms with van der Waals surface area (Å²) in [6.45, 7) is 6.71. The number of morpholine rings is 1. The molecule has 0 atom stereocenters. The van der Waals surface area contributed by atoms with Crippen LogP contribution in [0, 0.1) is 0 Å². The van der Waals surface area contributed by atoms with Gasteiger partial charge in [-0.1, -0.05) is 18.7 Å². The van der Waals surface area contributed by atoms with Crippen LogP contribution >= 0.6 is 0 Å². The summed E-state index contributed by atoms with van der Waals surface area (Å²) in [5.74, 6) is 0.412. The minimum atomic E-state index is -0.666. The highest BCUT2D eigenvalue weighted by Gasteiger charge is 2.21. The van der Waals surface area contributed by atoms with Crippen molar-refractivity contribution in [1.82, 2.24) is 14.4 Å². The van der Waals surface area contributed by atoms with Gasteiger partial charge in [-0.2, -0.15) is 4.98 Å². The van der Waals surface area contributed by atoms with E-state index in [9.17, 15) is 9.59 Å². The third-order valence-electron chi connectivity index (χ3n) is 6.42. The number of ether oxygens (including phenoxy) is 2. The van der Waals surface area contributed by atoms with Crippen molar-refractivity contribution >= 4 is 46.3 Å². The monoisotopic (exact) mass is 542 g/mol. The summed E-state index contributed by atoms with van der Waals surface area (Å²) in [7, 11) is 1.62. The lowest BCUT2D eigenvalue weighted by atomic mass is 10.2. The number of nitrogens with two attached hydrogens (primary N) is 1. The molecule has 1 aliphatic heterocycles. The van der Waals surface area contributed by atoms with Gasteiger partial charge in [0, 0.05) is 49.5 Å². The zero-order valence-corrected chi connectivity index (χ0v) is 22.0. The van der Waals surface area contributed by atoms with E-state index in [1.54, 1.807) is 30.0 Å². The molecule has 1 saturated heterocycles. The summed E-state index contributed by atoms with van der Waals surface area (Å²) in [6.07, 6.45) is 4.48. The number of carbonyl (C=O) groups excluding carboxylic acids is 2. The first kappa shape index (κ1) is 26.5. The molecule has 5 N–H and O–H groups in total. The predicted molar refractivity (Wildman–Crippen MR) is 153 cm³/mol. The van der Waals surface area contributed by atoms with Crippen LogP contribution in [0.1, 0.15) is 15.9 Å². The molecule has 4 aromatic rings. The van der Waals surface area contributed by atoms with Crippen LogP contribution in [-0.2, 0) is 16.1 Å². The van der Waals surface area contributed by atoms with Gasteiger partial charge in [0.15, 0.2) is 11.5 Å². The second-order valence-electron chi connectivity index (χ2n) is 9.00. The third kappa shape index (κ3) is 5.66. The number of hydrogen-bond donors (Lipinski definition) is 4. The van der Waals surface area contributed by atoms with Crippen LogP contribution in [0.5, 0.6) is 5.75 Å². The number of methoxy groups -OCH3 is 1. The molecule has 1 aliphatic rings. The van der Waals surface area contributed by atoms with Crippen molar-refractivity contribution in [2.45, 2.75) is 6.54 Å². The van der Waals surface area contributed by atoms with Gasteiger partial charge in [-0.3, -0.25) is 14.0 Å². The van der Waals surface area contributed by atoms with E-state index in [0.717, 1.165) is 24.3 Å². The summed E-state index contributed by atoms with van der Waals surface area (Å²) in [5, 5.41) is 9.28. The van der Waals surface area contributed by atoms with E-state index >= 15 is 0 Å². The highest BCUT2D eigenvalue weighted by atomic mass is 16.5. The van der Waals surface area contributed by atoms with Gasteiger partial charge in [0.1, 0.15) is 11.3 Å². The summed E-state index contributed by atoms with van der Waals surface area (Å²) in [6, 6.07) is 13.1. The van der Waals surface area contributed by atoms with Gasteiger partial charge < -0.3 is 36.1 Å². The molecule has 2 aromatic carbocycles. The van der Waals surface area contributed by atoms with Gasteiger partial charge in [-0.15, -0.1) is 0 Å². The van der Waals surface area contributed by atoms with Gasteiger partial charge in [-0.05, 0) is 35.9 Å². The van der Waals surface area contributed by atoms with E-state index in [1.165, 1.54) is 6.08 Å². The van der Waals surface area contributed by atoms with E-state index in [4.69, 9.17) is 20.2 Å². The van der Waals surface area contributed by atoms with Gasteiger partial charge >= 0.3 is 0 Å². The van der Waals surface area contributed by atoms with Crippen molar-refractivity contribution < 1.29 is 19.1 Å². The molecule has 0 saturated carbocycles. The Balaban J connectivity index is 1.44. The Morgan fingerprint density at radius 2 is 2.00 bits per heavy atom. The minimum absolute atomic E-state index is 0.154. The average Bonchev–Trinajstić information content (AvgIpc) is 3.46. The average molecular weight is 543 g/mol. The molecule has 2 aromatic heterocycles. The fourth-order valence-electron chi connectivity index (χ4n) is 4.51. The first-order valence-corrected chi connectivity index (χ1v) is 12.7. The van der Waals surface area contributed by atoms with Crippen LogP contribution in [0.25, 0.3) is 5.65 Å². The highest BCUT2D eigenvalue weighted by Crippen LogP contribution is 2.34. The van der Waals surface area contributed by atoms with Gasteiger partial charge in [0.2, 0.25) is 11.9 Å². The van der Waals surface area contributed by atoms with Crippen LogP contribution in [0.4, 0.5) is 28.8 Å². The van der Waals surface area contributed by atoms with Crippen molar-refractivity contribution in [3.63, 3.8) is 0 Å². The fourth-order valence-corrected chi connectivity index (χ4v) is 4.51. The van der Waals surface area contributed by atoms with Crippen LogP contribution in [0.2, 0.25) is 0 Å². The number of amides is 2. The maximum atomic E-state index is 12.5.